The summed E-state index contributed by atoms with van der Waals surface area (Å²) in [6.45, 7) is 10.5. The fraction of sp³-hybridized carbons (Fsp3) is 0.292. The van der Waals surface area contributed by atoms with Crippen molar-refractivity contribution in [3.63, 3.8) is 0 Å². The molecule has 4 rings (SSSR count). The van der Waals surface area contributed by atoms with Crippen LogP contribution in [-0.4, -0.2) is 24.8 Å². The molecule has 144 valence electrons. The third kappa shape index (κ3) is 2.63. The number of carbonyl (C=O) groups excluding carboxylic acids is 1. The van der Waals surface area contributed by atoms with Crippen molar-refractivity contribution in [2.75, 3.05) is 18.1 Å². The van der Waals surface area contributed by atoms with Crippen LogP contribution in [0.4, 0.5) is 5.69 Å². The zero-order chi connectivity index (χ0) is 19.9. The summed E-state index contributed by atoms with van der Waals surface area (Å²) in [6, 6.07) is 16.4. The molecule has 0 radical (unpaired) electrons. The summed E-state index contributed by atoms with van der Waals surface area (Å²) in [5.74, 6) is 0.487. The van der Waals surface area contributed by atoms with Crippen LogP contribution in [0.15, 0.2) is 66.8 Å². The third-order valence-electron chi connectivity index (χ3n) is 5.73. The van der Waals surface area contributed by atoms with Gasteiger partial charge in [0.05, 0.1) is 12.0 Å². The van der Waals surface area contributed by atoms with Crippen molar-refractivity contribution in [2.24, 2.45) is 0 Å². The van der Waals surface area contributed by atoms with Crippen molar-refractivity contribution >= 4 is 17.7 Å². The lowest BCUT2D eigenvalue weighted by Crippen LogP contribution is -2.60. The molecule has 28 heavy (non-hydrogen) atoms. The predicted molar refractivity (Wildman–Crippen MR) is 111 cm³/mol. The number of nitrogens with zero attached hydrogens (tertiary/aromatic N) is 1. The number of fused-ring (bicyclic) bond motifs is 2. The van der Waals surface area contributed by atoms with Crippen LogP contribution in [0, 0.1) is 0 Å². The Balaban J connectivity index is 1.73. The lowest BCUT2D eigenvalue weighted by molar-refractivity contribution is -0.138. The number of anilines is 1. The molecule has 2 aliphatic heterocycles. The highest BCUT2D eigenvalue weighted by molar-refractivity contribution is 5.87. The molecule has 2 aliphatic rings. The number of benzene rings is 2. The first kappa shape index (κ1) is 18.4. The van der Waals surface area contributed by atoms with E-state index in [1.54, 1.807) is 6.92 Å². The standard InChI is InChI=1S/C24H25NO3/c1-17(2)22(26)27-16-15-25-20-11-7-6-10-19(20)23(3,4)24(25)14-13-18-9-5-8-12-21(18)28-24/h5-14H,1,15-16H2,2-4H3. The number of esters is 1. The number of carbonyl (C=O) groups is 1. The minimum atomic E-state index is -0.694. The molecule has 0 aromatic heterocycles. The molecule has 1 spiro atoms. The van der Waals surface area contributed by atoms with E-state index >= 15 is 0 Å². The van der Waals surface area contributed by atoms with Gasteiger partial charge >= 0.3 is 5.97 Å². The van der Waals surface area contributed by atoms with Crippen molar-refractivity contribution in [1.29, 1.82) is 0 Å². The van der Waals surface area contributed by atoms with Crippen molar-refractivity contribution in [3.05, 3.63) is 77.9 Å². The zero-order valence-corrected chi connectivity index (χ0v) is 16.6. The molecule has 0 fully saturated rings. The van der Waals surface area contributed by atoms with Crippen LogP contribution in [0.1, 0.15) is 31.9 Å². The van der Waals surface area contributed by atoms with Crippen molar-refractivity contribution in [1.82, 2.24) is 0 Å². The van der Waals surface area contributed by atoms with Gasteiger partial charge in [0, 0.05) is 16.8 Å². The molecule has 4 heteroatoms. The Morgan fingerprint density at radius 1 is 1.14 bits per heavy atom. The molecule has 2 aromatic carbocycles. The van der Waals surface area contributed by atoms with E-state index in [2.05, 4.69) is 55.7 Å². The van der Waals surface area contributed by atoms with E-state index in [9.17, 15) is 4.79 Å². The fourth-order valence-electron chi connectivity index (χ4n) is 4.18. The first-order chi connectivity index (χ1) is 13.4. The van der Waals surface area contributed by atoms with Gasteiger partial charge in [0.15, 0.2) is 0 Å². The second-order valence-corrected chi connectivity index (χ2v) is 7.88. The molecular formula is C24H25NO3. The fourth-order valence-corrected chi connectivity index (χ4v) is 4.18. The van der Waals surface area contributed by atoms with Crippen molar-refractivity contribution < 1.29 is 14.3 Å². The van der Waals surface area contributed by atoms with Gasteiger partial charge in [-0.05, 0) is 50.6 Å². The quantitative estimate of drug-likeness (QED) is 0.573. The molecule has 0 bridgehead atoms. The number of ether oxygens (including phenoxy) is 2. The first-order valence-corrected chi connectivity index (χ1v) is 9.54. The second kappa shape index (κ2) is 6.55. The normalized spacial score (nSPS) is 21.0. The smallest absolute Gasteiger partial charge is 0.333 e. The first-order valence-electron chi connectivity index (χ1n) is 9.54. The average Bonchev–Trinajstić information content (AvgIpc) is 2.86. The highest BCUT2D eigenvalue weighted by Gasteiger charge is 2.58. The molecule has 0 N–H and O–H groups in total. The zero-order valence-electron chi connectivity index (χ0n) is 16.6. The number of hydrogen-bond acceptors (Lipinski definition) is 4. The molecule has 2 heterocycles. The number of rotatable bonds is 4. The topological polar surface area (TPSA) is 38.8 Å². The van der Waals surface area contributed by atoms with Crippen LogP contribution < -0.4 is 9.64 Å². The van der Waals surface area contributed by atoms with Crippen LogP contribution in [0.25, 0.3) is 6.08 Å². The summed E-state index contributed by atoms with van der Waals surface area (Å²) < 4.78 is 12.1. The maximum Gasteiger partial charge on any atom is 0.333 e. The predicted octanol–water partition coefficient (Wildman–Crippen LogP) is 4.71. The van der Waals surface area contributed by atoms with Crippen LogP contribution >= 0.6 is 0 Å². The van der Waals surface area contributed by atoms with E-state index in [0.29, 0.717) is 12.1 Å². The largest absolute Gasteiger partial charge is 0.463 e. The molecule has 0 saturated heterocycles. The maximum absolute atomic E-state index is 11.8. The van der Waals surface area contributed by atoms with E-state index in [1.807, 2.05) is 30.3 Å². The molecule has 4 nitrogen and oxygen atoms in total. The number of para-hydroxylation sites is 2. The van der Waals surface area contributed by atoms with Crippen LogP contribution in [0.5, 0.6) is 5.75 Å². The van der Waals surface area contributed by atoms with E-state index in [1.165, 1.54) is 5.56 Å². The van der Waals surface area contributed by atoms with Crippen LogP contribution in [-0.2, 0) is 14.9 Å². The van der Waals surface area contributed by atoms with Gasteiger partial charge in [-0.25, -0.2) is 4.79 Å². The minimum absolute atomic E-state index is 0.261. The summed E-state index contributed by atoms with van der Waals surface area (Å²) >= 11 is 0. The molecule has 0 amide bonds. The molecule has 1 atom stereocenters. The van der Waals surface area contributed by atoms with Gasteiger partial charge in [0.25, 0.3) is 0 Å². The van der Waals surface area contributed by atoms with Gasteiger partial charge < -0.3 is 14.4 Å². The van der Waals surface area contributed by atoms with Gasteiger partial charge in [-0.3, -0.25) is 0 Å². The van der Waals surface area contributed by atoms with Crippen LogP contribution in [0.3, 0.4) is 0 Å². The van der Waals surface area contributed by atoms with Crippen molar-refractivity contribution in [3.8, 4) is 5.75 Å². The van der Waals surface area contributed by atoms with E-state index < -0.39 is 5.72 Å². The Morgan fingerprint density at radius 2 is 1.86 bits per heavy atom. The molecule has 2 aromatic rings. The Hall–Kier alpha value is -3.01. The highest BCUT2D eigenvalue weighted by atomic mass is 16.5. The summed E-state index contributed by atoms with van der Waals surface area (Å²) in [5, 5.41) is 0. The second-order valence-electron chi connectivity index (χ2n) is 7.88. The van der Waals surface area contributed by atoms with Crippen molar-refractivity contribution in [2.45, 2.75) is 31.9 Å². The average molecular weight is 375 g/mol. The monoisotopic (exact) mass is 375 g/mol. The summed E-state index contributed by atoms with van der Waals surface area (Å²) in [7, 11) is 0. The highest BCUT2D eigenvalue weighted by Crippen LogP contribution is 2.54. The lowest BCUT2D eigenvalue weighted by atomic mass is 9.76. The Labute approximate surface area is 166 Å². The Bertz CT molecular complexity index is 975. The van der Waals surface area contributed by atoms with E-state index in [0.717, 1.165) is 17.0 Å². The molecular weight excluding hydrogens is 350 g/mol. The molecule has 1 unspecified atom stereocenters. The Kier molecular flexibility index (Phi) is 4.30. The van der Waals surface area contributed by atoms with E-state index in [-0.39, 0.29) is 18.0 Å². The lowest BCUT2D eigenvalue weighted by Gasteiger charge is -2.47. The van der Waals surface area contributed by atoms with Gasteiger partial charge in [0.2, 0.25) is 5.72 Å². The summed E-state index contributed by atoms with van der Waals surface area (Å²) in [4.78, 5) is 14.0. The van der Waals surface area contributed by atoms with Gasteiger partial charge in [-0.15, -0.1) is 0 Å². The SMILES string of the molecule is C=C(C)C(=O)OCCN1c2ccccc2C(C)(C)C12C=Cc1ccccc1O2. The third-order valence-corrected chi connectivity index (χ3v) is 5.73. The number of hydrogen-bond donors (Lipinski definition) is 0. The van der Waals surface area contributed by atoms with E-state index in [4.69, 9.17) is 9.47 Å². The van der Waals surface area contributed by atoms with Crippen LogP contribution in [0.2, 0.25) is 0 Å². The Morgan fingerprint density at radius 3 is 2.64 bits per heavy atom. The molecule has 0 aliphatic carbocycles. The molecule has 0 saturated carbocycles. The maximum atomic E-state index is 11.8. The van der Waals surface area contributed by atoms with Gasteiger partial charge in [-0.1, -0.05) is 43.0 Å². The summed E-state index contributed by atoms with van der Waals surface area (Å²) in [6.07, 6.45) is 4.26. The summed E-state index contributed by atoms with van der Waals surface area (Å²) in [5.41, 5.74) is 2.79. The minimum Gasteiger partial charge on any atom is -0.463 e. The van der Waals surface area contributed by atoms with Gasteiger partial charge in [-0.2, -0.15) is 0 Å². The van der Waals surface area contributed by atoms with Gasteiger partial charge in [0.1, 0.15) is 12.4 Å².